The van der Waals surface area contributed by atoms with Crippen LogP contribution < -0.4 is 4.90 Å². The van der Waals surface area contributed by atoms with E-state index in [4.69, 9.17) is 0 Å². The lowest BCUT2D eigenvalue weighted by molar-refractivity contribution is -0.131. The van der Waals surface area contributed by atoms with Crippen molar-refractivity contribution >= 4 is 32.7 Å². The number of hydrogen-bond donors (Lipinski definition) is 0. The monoisotopic (exact) mass is 484 g/mol. The Labute approximate surface area is 201 Å². The Kier molecular flexibility index (Phi) is 6.64. The maximum Gasteiger partial charge on any atom is 0.243 e. The fraction of sp³-hybridized carbons (Fsp3) is 0.458. The summed E-state index contributed by atoms with van der Waals surface area (Å²) in [5.74, 6) is -0.200. The standard InChI is InChI=1S/C24H32N6O3S/c1-17(2)30-23-10-9-21(14-22(23)25-26-30)34(32,33)27(5)16-24(31)28-11-12-29(19(4)15-28)20-8-6-7-18(3)13-20/h6-10,13-14,17,19H,11-12,15-16H2,1-5H3/t19-/m1/s1. The maximum absolute atomic E-state index is 13.2. The average molecular weight is 485 g/mol. The number of fused-ring (bicyclic) bond motifs is 1. The Morgan fingerprint density at radius 3 is 2.62 bits per heavy atom. The van der Waals surface area contributed by atoms with Crippen LogP contribution in [-0.2, 0) is 14.8 Å². The predicted molar refractivity (Wildman–Crippen MR) is 132 cm³/mol. The van der Waals surface area contributed by atoms with E-state index in [1.54, 1.807) is 21.7 Å². The third-order valence-corrected chi connectivity index (χ3v) is 8.11. The number of carbonyl (C=O) groups is 1. The fourth-order valence-electron chi connectivity index (χ4n) is 4.39. The van der Waals surface area contributed by atoms with Gasteiger partial charge < -0.3 is 9.80 Å². The zero-order chi connectivity index (χ0) is 24.6. The minimum absolute atomic E-state index is 0.101. The van der Waals surface area contributed by atoms with Gasteiger partial charge in [0.2, 0.25) is 15.9 Å². The van der Waals surface area contributed by atoms with E-state index < -0.39 is 10.0 Å². The van der Waals surface area contributed by atoms with Gasteiger partial charge in [-0.25, -0.2) is 13.1 Å². The summed E-state index contributed by atoms with van der Waals surface area (Å²) in [6, 6.07) is 13.3. The highest BCUT2D eigenvalue weighted by atomic mass is 32.2. The first-order chi connectivity index (χ1) is 16.1. The van der Waals surface area contributed by atoms with Crippen LogP contribution in [0.2, 0.25) is 0 Å². The fourth-order valence-corrected chi connectivity index (χ4v) is 5.53. The third kappa shape index (κ3) is 4.65. The van der Waals surface area contributed by atoms with E-state index in [0.717, 1.165) is 15.5 Å². The van der Waals surface area contributed by atoms with Gasteiger partial charge in [-0.1, -0.05) is 17.3 Å². The molecule has 3 aromatic rings. The lowest BCUT2D eigenvalue weighted by Gasteiger charge is -2.41. The molecule has 1 aliphatic rings. The molecule has 0 unspecified atom stereocenters. The highest BCUT2D eigenvalue weighted by molar-refractivity contribution is 7.89. The predicted octanol–water partition coefficient (Wildman–Crippen LogP) is 2.68. The van der Waals surface area contributed by atoms with E-state index in [1.165, 1.54) is 18.7 Å². The van der Waals surface area contributed by atoms with Crippen molar-refractivity contribution in [3.63, 3.8) is 0 Å². The van der Waals surface area contributed by atoms with Crippen LogP contribution in [0.4, 0.5) is 5.69 Å². The highest BCUT2D eigenvalue weighted by Crippen LogP contribution is 2.24. The van der Waals surface area contributed by atoms with E-state index >= 15 is 0 Å². The van der Waals surface area contributed by atoms with Gasteiger partial charge >= 0.3 is 0 Å². The topological polar surface area (TPSA) is 91.6 Å². The van der Waals surface area contributed by atoms with Crippen LogP contribution in [0.3, 0.4) is 0 Å². The second-order valence-electron chi connectivity index (χ2n) is 9.26. The molecule has 1 aliphatic heterocycles. The van der Waals surface area contributed by atoms with E-state index in [0.29, 0.717) is 25.2 Å². The van der Waals surface area contributed by atoms with Gasteiger partial charge in [-0.15, -0.1) is 5.10 Å². The minimum atomic E-state index is -3.85. The molecular weight excluding hydrogens is 452 g/mol. The summed E-state index contributed by atoms with van der Waals surface area (Å²) in [5, 5.41) is 8.21. The lowest BCUT2D eigenvalue weighted by Crippen LogP contribution is -2.55. The number of piperazine rings is 1. The molecule has 0 N–H and O–H groups in total. The van der Waals surface area contributed by atoms with Gasteiger partial charge in [-0.3, -0.25) is 4.79 Å². The normalized spacial score (nSPS) is 17.2. The molecule has 0 bridgehead atoms. The van der Waals surface area contributed by atoms with E-state index in [-0.39, 0.29) is 29.4 Å². The summed E-state index contributed by atoms with van der Waals surface area (Å²) < 4.78 is 29.2. The molecule has 34 heavy (non-hydrogen) atoms. The van der Waals surface area contributed by atoms with Gasteiger partial charge in [0.05, 0.1) is 17.0 Å². The molecule has 0 aliphatic carbocycles. The molecule has 1 aromatic heterocycles. The second-order valence-corrected chi connectivity index (χ2v) is 11.3. The zero-order valence-corrected chi connectivity index (χ0v) is 21.2. The van der Waals surface area contributed by atoms with Gasteiger partial charge in [0.15, 0.2) is 0 Å². The Bertz CT molecular complexity index is 1300. The quantitative estimate of drug-likeness (QED) is 0.534. The third-order valence-electron chi connectivity index (χ3n) is 6.31. The zero-order valence-electron chi connectivity index (χ0n) is 20.3. The van der Waals surface area contributed by atoms with Gasteiger partial charge in [-0.2, -0.15) is 4.31 Å². The lowest BCUT2D eigenvalue weighted by atomic mass is 10.1. The molecule has 9 nitrogen and oxygen atoms in total. The largest absolute Gasteiger partial charge is 0.365 e. The van der Waals surface area contributed by atoms with Crippen LogP contribution >= 0.6 is 0 Å². The minimum Gasteiger partial charge on any atom is -0.365 e. The molecule has 0 spiro atoms. The molecule has 182 valence electrons. The van der Waals surface area contributed by atoms with Crippen molar-refractivity contribution in [1.82, 2.24) is 24.2 Å². The summed E-state index contributed by atoms with van der Waals surface area (Å²) in [4.78, 5) is 17.1. The number of aromatic nitrogens is 3. The van der Waals surface area contributed by atoms with E-state index in [1.807, 2.05) is 19.9 Å². The number of hydrogen-bond acceptors (Lipinski definition) is 6. The number of likely N-dealkylation sites (N-methyl/N-ethyl adjacent to an activating group) is 1. The average Bonchev–Trinajstić information content (AvgIpc) is 3.22. The van der Waals surface area contributed by atoms with Crippen molar-refractivity contribution in [2.45, 2.75) is 44.7 Å². The van der Waals surface area contributed by atoms with Crippen LogP contribution in [0.25, 0.3) is 11.0 Å². The van der Waals surface area contributed by atoms with Gasteiger partial charge in [0, 0.05) is 44.5 Å². The first-order valence-corrected chi connectivity index (χ1v) is 12.9. The molecule has 2 aromatic carbocycles. The molecule has 1 atom stereocenters. The number of anilines is 1. The molecule has 1 amide bonds. The number of carbonyl (C=O) groups excluding carboxylic acids is 1. The van der Waals surface area contributed by atoms with E-state index in [2.05, 4.69) is 47.3 Å². The van der Waals surface area contributed by atoms with Crippen LogP contribution in [0, 0.1) is 6.92 Å². The smallest absolute Gasteiger partial charge is 0.243 e. The second kappa shape index (κ2) is 9.34. The van der Waals surface area contributed by atoms with E-state index in [9.17, 15) is 13.2 Å². The Balaban J connectivity index is 1.43. The summed E-state index contributed by atoms with van der Waals surface area (Å²) in [7, 11) is -2.41. The van der Waals surface area contributed by atoms with Gasteiger partial charge in [-0.05, 0) is 63.6 Å². The molecule has 1 saturated heterocycles. The number of rotatable bonds is 6. The number of nitrogens with zero attached hydrogens (tertiary/aromatic N) is 6. The summed E-state index contributed by atoms with van der Waals surface area (Å²) in [6.07, 6.45) is 0. The van der Waals surface area contributed by atoms with Crippen LogP contribution in [0.5, 0.6) is 0 Å². The molecule has 0 saturated carbocycles. The number of sulfonamides is 1. The molecule has 4 rings (SSSR count). The summed E-state index contributed by atoms with van der Waals surface area (Å²) in [5.41, 5.74) is 3.62. The SMILES string of the molecule is Cc1cccc(N2CCN(C(=O)CN(C)S(=O)(=O)c3ccc4c(c3)nnn4C(C)C)C[C@H]2C)c1. The maximum atomic E-state index is 13.2. The van der Waals surface area contributed by atoms with Gasteiger partial charge in [0.1, 0.15) is 5.52 Å². The van der Waals surface area contributed by atoms with Crippen LogP contribution in [0.1, 0.15) is 32.4 Å². The number of amides is 1. The first-order valence-electron chi connectivity index (χ1n) is 11.5. The van der Waals surface area contributed by atoms with Gasteiger partial charge in [0.25, 0.3) is 0 Å². The number of aryl methyl sites for hydroxylation is 1. The molecular formula is C24H32N6O3S. The highest BCUT2D eigenvalue weighted by Gasteiger charge is 2.30. The Morgan fingerprint density at radius 1 is 1.18 bits per heavy atom. The van der Waals surface area contributed by atoms with Crippen molar-refractivity contribution < 1.29 is 13.2 Å². The van der Waals surface area contributed by atoms with Crippen LogP contribution in [0.15, 0.2) is 47.4 Å². The van der Waals surface area contributed by atoms with Crippen molar-refractivity contribution in [2.24, 2.45) is 0 Å². The van der Waals surface area contributed by atoms with Crippen molar-refractivity contribution in [3.8, 4) is 0 Å². The van der Waals surface area contributed by atoms with Crippen molar-refractivity contribution in [3.05, 3.63) is 48.0 Å². The first kappa shape index (κ1) is 24.2. The van der Waals surface area contributed by atoms with Crippen molar-refractivity contribution in [1.29, 1.82) is 0 Å². The summed E-state index contributed by atoms with van der Waals surface area (Å²) >= 11 is 0. The summed E-state index contributed by atoms with van der Waals surface area (Å²) in [6.45, 7) is 9.71. The molecule has 1 fully saturated rings. The molecule has 2 heterocycles. The molecule has 0 radical (unpaired) electrons. The Hall–Kier alpha value is -2.98. The van der Waals surface area contributed by atoms with Crippen LogP contribution in [-0.4, -0.2) is 77.8 Å². The van der Waals surface area contributed by atoms with Crippen molar-refractivity contribution in [2.75, 3.05) is 38.1 Å². The number of benzene rings is 2. The molecule has 10 heteroatoms. The Morgan fingerprint density at radius 2 is 1.94 bits per heavy atom.